The molecule has 0 saturated heterocycles. The number of furan rings is 1. The molecular formula is C15H12N2O5. The summed E-state index contributed by atoms with van der Waals surface area (Å²) >= 11 is 0. The molecule has 0 fully saturated rings. The van der Waals surface area contributed by atoms with Crippen LogP contribution in [-0.2, 0) is 14.3 Å². The van der Waals surface area contributed by atoms with Crippen LogP contribution < -0.4 is 0 Å². The molecule has 2 rings (SSSR count). The number of carbonyl (C=O) groups excluding carboxylic acids is 2. The van der Waals surface area contributed by atoms with Crippen molar-refractivity contribution in [2.75, 3.05) is 13.7 Å². The van der Waals surface area contributed by atoms with Crippen LogP contribution in [0.25, 0.3) is 16.5 Å². The summed E-state index contributed by atoms with van der Waals surface area (Å²) in [5.74, 6) is -1.96. The number of carbonyl (C=O) groups is 2. The molecule has 0 aliphatic heterocycles. The summed E-state index contributed by atoms with van der Waals surface area (Å²) in [5, 5.41) is 0.422. The van der Waals surface area contributed by atoms with E-state index in [2.05, 4.69) is 16.1 Å². The minimum Gasteiger partial charge on any atom is -0.463 e. The molecule has 1 aromatic carbocycles. The van der Waals surface area contributed by atoms with Crippen molar-refractivity contribution in [2.45, 2.75) is 0 Å². The van der Waals surface area contributed by atoms with Gasteiger partial charge in [0, 0.05) is 5.39 Å². The molecule has 2 aromatic rings. The third kappa shape index (κ3) is 2.65. The number of fused-ring (bicyclic) bond motifs is 1. The zero-order valence-corrected chi connectivity index (χ0v) is 11.7. The van der Waals surface area contributed by atoms with Crippen molar-refractivity contribution in [2.24, 2.45) is 0 Å². The largest absolute Gasteiger partial charge is 0.463 e. The van der Waals surface area contributed by atoms with Crippen LogP contribution in [0.2, 0.25) is 0 Å². The summed E-state index contributed by atoms with van der Waals surface area (Å²) in [6.07, 6.45) is 1.36. The average molecular weight is 300 g/mol. The number of nitrogens with zero attached hydrogens (tertiary/aromatic N) is 2. The predicted octanol–water partition coefficient (Wildman–Crippen LogP) is 1.97. The summed E-state index contributed by atoms with van der Waals surface area (Å²) in [7, 11) is 1.17. The summed E-state index contributed by atoms with van der Waals surface area (Å²) in [5.41, 5.74) is 9.08. The van der Waals surface area contributed by atoms with Crippen molar-refractivity contribution in [3.8, 4) is 0 Å². The van der Waals surface area contributed by atoms with Gasteiger partial charge in [0.1, 0.15) is 17.8 Å². The Bertz CT molecular complexity index is 799. The van der Waals surface area contributed by atoms with E-state index in [4.69, 9.17) is 9.15 Å². The van der Waals surface area contributed by atoms with E-state index >= 15 is 0 Å². The Labute approximate surface area is 125 Å². The highest BCUT2D eigenvalue weighted by molar-refractivity contribution is 6.44. The van der Waals surface area contributed by atoms with Crippen LogP contribution in [0.5, 0.6) is 0 Å². The fraction of sp³-hybridized carbons (Fsp3) is 0.133. The fourth-order valence-corrected chi connectivity index (χ4v) is 1.91. The minimum atomic E-state index is -0.917. The Morgan fingerprint density at radius 1 is 1.41 bits per heavy atom. The molecule has 0 bridgehead atoms. The first kappa shape index (κ1) is 15.2. The summed E-state index contributed by atoms with van der Waals surface area (Å²) < 4.78 is 14.9. The van der Waals surface area contributed by atoms with Gasteiger partial charge in [0.15, 0.2) is 0 Å². The third-order valence-corrected chi connectivity index (χ3v) is 2.83. The zero-order chi connectivity index (χ0) is 16.1. The van der Waals surface area contributed by atoms with Gasteiger partial charge in [-0.3, -0.25) is 0 Å². The molecule has 1 heterocycles. The Hall–Kier alpha value is -3.18. The Balaban J connectivity index is 2.65. The van der Waals surface area contributed by atoms with Crippen molar-refractivity contribution in [3.63, 3.8) is 0 Å². The standard InChI is InChI=1S/C15H12N2O5/c1-3-8-21-14(18)12(17-16)11-9-6-4-5-7-10(9)22-13(11)15(19)20-2/h3-7H,1,8H2,2H3. The molecule has 0 aliphatic rings. The third-order valence-electron chi connectivity index (χ3n) is 2.83. The number of benzene rings is 1. The van der Waals surface area contributed by atoms with E-state index in [9.17, 15) is 15.1 Å². The lowest BCUT2D eigenvalue weighted by molar-refractivity contribution is -0.138. The molecule has 0 radical (unpaired) electrons. The van der Waals surface area contributed by atoms with Gasteiger partial charge in [-0.2, -0.15) is 4.79 Å². The van der Waals surface area contributed by atoms with Crippen LogP contribution >= 0.6 is 0 Å². The van der Waals surface area contributed by atoms with Crippen LogP contribution in [-0.4, -0.2) is 36.2 Å². The van der Waals surface area contributed by atoms with Crippen LogP contribution in [0.1, 0.15) is 16.1 Å². The number of methoxy groups -OCH3 is 1. The first-order valence-corrected chi connectivity index (χ1v) is 6.24. The van der Waals surface area contributed by atoms with E-state index in [0.29, 0.717) is 11.0 Å². The summed E-state index contributed by atoms with van der Waals surface area (Å²) in [6.45, 7) is 3.35. The van der Waals surface area contributed by atoms with Crippen LogP contribution in [0.4, 0.5) is 0 Å². The SMILES string of the molecule is C=CCOC(=O)C(=[N+]=[N-])c1c(C(=O)OC)oc2ccccc12. The molecule has 0 amide bonds. The molecule has 0 saturated carbocycles. The Morgan fingerprint density at radius 3 is 2.77 bits per heavy atom. The summed E-state index contributed by atoms with van der Waals surface area (Å²) in [6, 6.07) is 6.61. The maximum Gasteiger partial charge on any atom is 0.422 e. The van der Waals surface area contributed by atoms with E-state index in [1.165, 1.54) is 13.2 Å². The van der Waals surface area contributed by atoms with Crippen molar-refractivity contribution in [1.82, 2.24) is 0 Å². The molecule has 0 atom stereocenters. The summed E-state index contributed by atoms with van der Waals surface area (Å²) in [4.78, 5) is 26.8. The van der Waals surface area contributed by atoms with E-state index in [-0.39, 0.29) is 17.9 Å². The Kier molecular flexibility index (Phi) is 4.50. The van der Waals surface area contributed by atoms with Crippen molar-refractivity contribution in [1.29, 1.82) is 0 Å². The average Bonchev–Trinajstić information content (AvgIpc) is 2.92. The van der Waals surface area contributed by atoms with Gasteiger partial charge < -0.3 is 19.4 Å². The molecule has 112 valence electrons. The topological polar surface area (TPSA) is 102 Å². The van der Waals surface area contributed by atoms with Gasteiger partial charge in [-0.1, -0.05) is 30.9 Å². The second kappa shape index (κ2) is 6.51. The smallest absolute Gasteiger partial charge is 0.422 e. The highest BCUT2D eigenvalue weighted by Gasteiger charge is 2.35. The van der Waals surface area contributed by atoms with Crippen molar-refractivity contribution in [3.05, 3.63) is 53.8 Å². The highest BCUT2D eigenvalue weighted by atomic mass is 16.5. The number of hydrogen-bond donors (Lipinski definition) is 0. The molecule has 0 N–H and O–H groups in total. The molecule has 0 unspecified atom stereocenters. The molecule has 7 nitrogen and oxygen atoms in total. The van der Waals surface area contributed by atoms with Gasteiger partial charge in [0.2, 0.25) is 5.76 Å². The van der Waals surface area contributed by atoms with E-state index in [1.807, 2.05) is 0 Å². The molecular weight excluding hydrogens is 288 g/mol. The lowest BCUT2D eigenvalue weighted by Gasteiger charge is -1.99. The van der Waals surface area contributed by atoms with Crippen LogP contribution in [0, 0.1) is 0 Å². The Morgan fingerprint density at radius 2 is 2.14 bits per heavy atom. The normalized spacial score (nSPS) is 9.86. The number of esters is 2. The second-order valence-electron chi connectivity index (χ2n) is 4.13. The first-order chi connectivity index (χ1) is 10.6. The molecule has 7 heteroatoms. The minimum absolute atomic E-state index is 0.0130. The number of ether oxygens (including phenoxy) is 2. The van der Waals surface area contributed by atoms with E-state index in [1.54, 1.807) is 24.3 Å². The first-order valence-electron chi connectivity index (χ1n) is 6.24. The molecule has 1 aromatic heterocycles. The van der Waals surface area contributed by atoms with E-state index in [0.717, 1.165) is 0 Å². The quantitative estimate of drug-likeness (QED) is 0.276. The zero-order valence-electron chi connectivity index (χ0n) is 11.7. The van der Waals surface area contributed by atoms with Gasteiger partial charge in [-0.15, -0.1) is 0 Å². The maximum absolute atomic E-state index is 12.0. The molecule has 0 spiro atoms. The van der Waals surface area contributed by atoms with Gasteiger partial charge in [0.25, 0.3) is 0 Å². The van der Waals surface area contributed by atoms with Gasteiger partial charge in [-0.25, -0.2) is 9.59 Å². The number of rotatable bonds is 5. The highest BCUT2D eigenvalue weighted by Crippen LogP contribution is 2.27. The predicted molar refractivity (Wildman–Crippen MR) is 76.4 cm³/mol. The van der Waals surface area contributed by atoms with E-state index < -0.39 is 17.7 Å². The lowest BCUT2D eigenvalue weighted by Crippen LogP contribution is -2.22. The van der Waals surface area contributed by atoms with Crippen molar-refractivity contribution >= 4 is 28.6 Å². The maximum atomic E-state index is 12.0. The van der Waals surface area contributed by atoms with Gasteiger partial charge >= 0.3 is 17.7 Å². The second-order valence-corrected chi connectivity index (χ2v) is 4.13. The van der Waals surface area contributed by atoms with Crippen LogP contribution in [0.15, 0.2) is 41.3 Å². The molecule has 0 aliphatic carbocycles. The fourth-order valence-electron chi connectivity index (χ4n) is 1.91. The molecule has 22 heavy (non-hydrogen) atoms. The van der Waals surface area contributed by atoms with Crippen LogP contribution in [0.3, 0.4) is 0 Å². The number of hydrogen-bond acceptors (Lipinski definition) is 5. The van der Waals surface area contributed by atoms with Gasteiger partial charge in [-0.05, 0) is 6.07 Å². The van der Waals surface area contributed by atoms with Crippen molar-refractivity contribution < 1.29 is 28.3 Å². The monoisotopic (exact) mass is 300 g/mol. The lowest BCUT2D eigenvalue weighted by atomic mass is 10.1. The van der Waals surface area contributed by atoms with Gasteiger partial charge in [0.05, 0.1) is 7.11 Å². The number of para-hydroxylation sites is 1.